The maximum Gasteiger partial charge on any atom is 0.137 e. The summed E-state index contributed by atoms with van der Waals surface area (Å²) in [7, 11) is 0. The van der Waals surface area contributed by atoms with Crippen LogP contribution in [0.5, 0.6) is 0 Å². The molecule has 1 N–H and O–H groups in total. The standard InChI is InChI=1S/C16H20ClN3/c1-10(2)15-19-14(17)12(4)16(20-15)18-9-13-8-6-5-7-11(13)3/h5-8,10H,9H2,1-4H3,(H,18,19,20). The van der Waals surface area contributed by atoms with E-state index in [-0.39, 0.29) is 5.92 Å². The maximum absolute atomic E-state index is 6.18. The normalized spacial score (nSPS) is 10.9. The average molecular weight is 290 g/mol. The molecule has 0 aliphatic heterocycles. The van der Waals surface area contributed by atoms with Gasteiger partial charge in [0, 0.05) is 18.0 Å². The monoisotopic (exact) mass is 289 g/mol. The Kier molecular flexibility index (Phi) is 4.61. The van der Waals surface area contributed by atoms with Gasteiger partial charge in [-0.05, 0) is 25.0 Å². The van der Waals surface area contributed by atoms with E-state index in [1.165, 1.54) is 11.1 Å². The minimum absolute atomic E-state index is 0.257. The number of hydrogen-bond donors (Lipinski definition) is 1. The third-order valence-corrected chi connectivity index (χ3v) is 3.70. The maximum atomic E-state index is 6.18. The molecule has 0 saturated carbocycles. The molecule has 0 aliphatic rings. The third-order valence-electron chi connectivity index (χ3n) is 3.33. The Morgan fingerprint density at radius 3 is 2.50 bits per heavy atom. The number of halogens is 1. The summed E-state index contributed by atoms with van der Waals surface area (Å²) in [5.41, 5.74) is 3.42. The van der Waals surface area contributed by atoms with E-state index in [4.69, 9.17) is 11.6 Å². The summed E-state index contributed by atoms with van der Waals surface area (Å²) in [4.78, 5) is 8.89. The smallest absolute Gasteiger partial charge is 0.137 e. The highest BCUT2D eigenvalue weighted by Crippen LogP contribution is 2.23. The lowest BCUT2D eigenvalue weighted by atomic mass is 10.1. The number of rotatable bonds is 4. The quantitative estimate of drug-likeness (QED) is 0.843. The van der Waals surface area contributed by atoms with Crippen LogP contribution in [0.25, 0.3) is 0 Å². The van der Waals surface area contributed by atoms with Crippen LogP contribution in [0, 0.1) is 13.8 Å². The van der Waals surface area contributed by atoms with Gasteiger partial charge in [-0.25, -0.2) is 9.97 Å². The molecule has 3 nitrogen and oxygen atoms in total. The zero-order valence-corrected chi connectivity index (χ0v) is 13.1. The molecular formula is C16H20ClN3. The van der Waals surface area contributed by atoms with Crippen LogP contribution < -0.4 is 5.32 Å². The lowest BCUT2D eigenvalue weighted by Crippen LogP contribution is -2.08. The van der Waals surface area contributed by atoms with E-state index in [0.717, 1.165) is 23.8 Å². The Labute approximate surface area is 125 Å². The van der Waals surface area contributed by atoms with E-state index in [2.05, 4.69) is 48.2 Å². The Bertz CT molecular complexity index is 609. The Balaban J connectivity index is 2.23. The van der Waals surface area contributed by atoms with Gasteiger partial charge in [-0.15, -0.1) is 0 Å². The summed E-state index contributed by atoms with van der Waals surface area (Å²) in [6, 6.07) is 8.31. The molecule has 0 saturated heterocycles. The molecule has 2 aromatic rings. The largest absolute Gasteiger partial charge is 0.366 e. The minimum atomic E-state index is 0.257. The van der Waals surface area contributed by atoms with Crippen molar-refractivity contribution < 1.29 is 0 Å². The Hall–Kier alpha value is -1.61. The van der Waals surface area contributed by atoms with Crippen LogP contribution >= 0.6 is 11.6 Å². The topological polar surface area (TPSA) is 37.8 Å². The minimum Gasteiger partial charge on any atom is -0.366 e. The molecule has 0 fully saturated rings. The second-order valence-electron chi connectivity index (χ2n) is 5.28. The van der Waals surface area contributed by atoms with Crippen molar-refractivity contribution in [2.24, 2.45) is 0 Å². The molecule has 0 radical (unpaired) electrons. The van der Waals surface area contributed by atoms with Crippen molar-refractivity contribution in [3.05, 3.63) is 51.9 Å². The first-order chi connectivity index (χ1) is 9.49. The lowest BCUT2D eigenvalue weighted by Gasteiger charge is -2.13. The summed E-state index contributed by atoms with van der Waals surface area (Å²) >= 11 is 6.18. The number of nitrogens with zero attached hydrogens (tertiary/aromatic N) is 2. The van der Waals surface area contributed by atoms with E-state index in [9.17, 15) is 0 Å². The first-order valence-electron chi connectivity index (χ1n) is 6.81. The molecule has 1 aromatic carbocycles. The predicted octanol–water partition coefficient (Wildman–Crippen LogP) is 4.48. The Morgan fingerprint density at radius 2 is 1.85 bits per heavy atom. The summed E-state index contributed by atoms with van der Waals surface area (Å²) < 4.78 is 0. The van der Waals surface area contributed by atoms with Crippen molar-refractivity contribution in [3.63, 3.8) is 0 Å². The van der Waals surface area contributed by atoms with Crippen LogP contribution in [0.3, 0.4) is 0 Å². The van der Waals surface area contributed by atoms with Crippen LogP contribution in [0.2, 0.25) is 5.15 Å². The van der Waals surface area contributed by atoms with E-state index in [1.807, 2.05) is 19.1 Å². The zero-order valence-electron chi connectivity index (χ0n) is 12.4. The molecule has 0 aliphatic carbocycles. The van der Waals surface area contributed by atoms with Gasteiger partial charge in [-0.3, -0.25) is 0 Å². The van der Waals surface area contributed by atoms with Crippen LogP contribution in [-0.2, 0) is 6.54 Å². The fourth-order valence-electron chi connectivity index (χ4n) is 1.92. The van der Waals surface area contributed by atoms with E-state index in [1.54, 1.807) is 0 Å². The van der Waals surface area contributed by atoms with Crippen molar-refractivity contribution in [3.8, 4) is 0 Å². The molecule has 4 heteroatoms. The number of hydrogen-bond acceptors (Lipinski definition) is 3. The van der Waals surface area contributed by atoms with Gasteiger partial charge in [0.15, 0.2) is 0 Å². The molecule has 0 atom stereocenters. The van der Waals surface area contributed by atoms with Gasteiger partial charge in [0.2, 0.25) is 0 Å². The zero-order chi connectivity index (χ0) is 14.7. The number of anilines is 1. The molecule has 0 spiro atoms. The van der Waals surface area contributed by atoms with Crippen LogP contribution in [0.4, 0.5) is 5.82 Å². The summed E-state index contributed by atoms with van der Waals surface area (Å²) in [6.07, 6.45) is 0. The molecule has 0 unspecified atom stereocenters. The number of aromatic nitrogens is 2. The summed E-state index contributed by atoms with van der Waals surface area (Å²) in [6.45, 7) is 8.90. The molecule has 20 heavy (non-hydrogen) atoms. The van der Waals surface area contributed by atoms with Gasteiger partial charge in [-0.1, -0.05) is 49.7 Å². The van der Waals surface area contributed by atoms with Crippen molar-refractivity contribution >= 4 is 17.4 Å². The molecule has 1 aromatic heterocycles. The summed E-state index contributed by atoms with van der Waals surface area (Å²) in [5.74, 6) is 1.84. The summed E-state index contributed by atoms with van der Waals surface area (Å²) in [5, 5.41) is 3.89. The SMILES string of the molecule is Cc1ccccc1CNc1nc(C(C)C)nc(Cl)c1C. The van der Waals surface area contributed by atoms with Crippen LogP contribution in [0.15, 0.2) is 24.3 Å². The molecule has 2 rings (SSSR count). The first kappa shape index (κ1) is 14.8. The molecule has 1 heterocycles. The second kappa shape index (κ2) is 6.23. The van der Waals surface area contributed by atoms with Crippen molar-refractivity contribution in [2.45, 2.75) is 40.2 Å². The highest BCUT2D eigenvalue weighted by atomic mass is 35.5. The van der Waals surface area contributed by atoms with E-state index >= 15 is 0 Å². The third kappa shape index (κ3) is 3.28. The molecular weight excluding hydrogens is 270 g/mol. The number of aryl methyl sites for hydroxylation is 1. The highest BCUT2D eigenvalue weighted by molar-refractivity contribution is 6.30. The second-order valence-corrected chi connectivity index (χ2v) is 5.64. The fraction of sp³-hybridized carbons (Fsp3) is 0.375. The van der Waals surface area contributed by atoms with Gasteiger partial charge >= 0.3 is 0 Å². The van der Waals surface area contributed by atoms with Gasteiger partial charge in [0.25, 0.3) is 0 Å². The number of nitrogens with one attached hydrogen (secondary N) is 1. The van der Waals surface area contributed by atoms with E-state index < -0.39 is 0 Å². The molecule has 0 amide bonds. The average Bonchev–Trinajstić information content (AvgIpc) is 2.41. The lowest BCUT2D eigenvalue weighted by molar-refractivity contribution is 0.771. The fourth-order valence-corrected chi connectivity index (χ4v) is 2.10. The van der Waals surface area contributed by atoms with Gasteiger partial charge in [-0.2, -0.15) is 0 Å². The molecule has 0 bridgehead atoms. The van der Waals surface area contributed by atoms with Gasteiger partial charge in [0.05, 0.1) is 0 Å². The van der Waals surface area contributed by atoms with Crippen LogP contribution in [0.1, 0.15) is 42.3 Å². The van der Waals surface area contributed by atoms with Crippen molar-refractivity contribution in [1.82, 2.24) is 9.97 Å². The molecule has 106 valence electrons. The van der Waals surface area contributed by atoms with E-state index in [0.29, 0.717) is 5.15 Å². The van der Waals surface area contributed by atoms with Gasteiger partial charge < -0.3 is 5.32 Å². The number of benzene rings is 1. The highest BCUT2D eigenvalue weighted by Gasteiger charge is 2.11. The van der Waals surface area contributed by atoms with Crippen molar-refractivity contribution in [2.75, 3.05) is 5.32 Å². The van der Waals surface area contributed by atoms with Crippen LogP contribution in [-0.4, -0.2) is 9.97 Å². The Morgan fingerprint density at radius 1 is 1.15 bits per heavy atom. The predicted molar refractivity (Wildman–Crippen MR) is 84.4 cm³/mol. The van der Waals surface area contributed by atoms with Gasteiger partial charge in [0.1, 0.15) is 16.8 Å². The van der Waals surface area contributed by atoms with Crippen molar-refractivity contribution in [1.29, 1.82) is 0 Å². The first-order valence-corrected chi connectivity index (χ1v) is 7.19.